The van der Waals surface area contributed by atoms with Gasteiger partial charge < -0.3 is 21.3 Å². The van der Waals surface area contributed by atoms with E-state index in [0.29, 0.717) is 64.2 Å². The van der Waals surface area contributed by atoms with E-state index in [4.69, 9.17) is 5.73 Å². The topological polar surface area (TPSA) is 149 Å². The monoisotopic (exact) mass is 614 g/mol. The number of allylic oxidation sites excluding steroid dienone is 1. The largest absolute Gasteiger partial charge is 0.384 e. The van der Waals surface area contributed by atoms with E-state index >= 15 is 0 Å². The zero-order chi connectivity index (χ0) is 30.4. The zero-order valence-corrected chi connectivity index (χ0v) is 24.9. The van der Waals surface area contributed by atoms with Crippen LogP contribution in [0.4, 0.5) is 8.78 Å². The van der Waals surface area contributed by atoms with Crippen molar-refractivity contribution in [3.05, 3.63) is 66.3 Å². The summed E-state index contributed by atoms with van der Waals surface area (Å²) < 4.78 is 53.4. The van der Waals surface area contributed by atoms with Crippen LogP contribution in [0, 0.1) is 5.92 Å². The normalized spacial score (nSPS) is 24.5. The van der Waals surface area contributed by atoms with Gasteiger partial charge in [0.25, 0.3) is 10.0 Å². The maximum atomic E-state index is 13.3. The summed E-state index contributed by atoms with van der Waals surface area (Å²) in [7, 11) is 0.691. The molecule has 12 nitrogen and oxygen atoms in total. The molecule has 3 aromatic heterocycles. The van der Waals surface area contributed by atoms with Crippen molar-refractivity contribution in [2.45, 2.75) is 62.0 Å². The Kier molecular flexibility index (Phi) is 7.81. The molecule has 1 atom stereocenters. The van der Waals surface area contributed by atoms with Gasteiger partial charge in [0.05, 0.1) is 34.6 Å². The van der Waals surface area contributed by atoms with Gasteiger partial charge in [-0.15, -0.1) is 0 Å². The van der Waals surface area contributed by atoms with E-state index in [1.807, 2.05) is 0 Å². The third kappa shape index (κ3) is 6.06. The van der Waals surface area contributed by atoms with Gasteiger partial charge in [-0.1, -0.05) is 0 Å². The predicted octanol–water partition coefficient (Wildman–Crippen LogP) is 2.62. The Hall–Kier alpha value is -3.69. The molecule has 4 N–H and O–H groups in total. The number of hydrogen-bond acceptors (Lipinski definition) is 10. The summed E-state index contributed by atoms with van der Waals surface area (Å²) in [5.74, 6) is 0.723. The van der Waals surface area contributed by atoms with Gasteiger partial charge in [0, 0.05) is 42.5 Å². The van der Waals surface area contributed by atoms with E-state index in [2.05, 4.69) is 49.8 Å². The highest BCUT2D eigenvalue weighted by Crippen LogP contribution is 2.33. The van der Waals surface area contributed by atoms with Crippen molar-refractivity contribution in [2.24, 2.45) is 11.7 Å². The van der Waals surface area contributed by atoms with Gasteiger partial charge in [0.1, 0.15) is 0 Å². The SMILES string of the molecule is CN(C)C1CCC(CNC2=CC(N)(c3ccnc(-c4cnn(S(=O)(=O)C5CC5)c4)n3)NC=C2c2ccn(C(F)F)n2)CC1. The second kappa shape index (κ2) is 11.4. The average molecular weight is 615 g/mol. The molecule has 0 spiro atoms. The maximum absolute atomic E-state index is 13.3. The van der Waals surface area contributed by atoms with Crippen LogP contribution >= 0.6 is 0 Å². The van der Waals surface area contributed by atoms with Crippen LogP contribution in [0.2, 0.25) is 0 Å². The van der Waals surface area contributed by atoms with Crippen LogP contribution in [0.15, 0.2) is 54.9 Å². The summed E-state index contributed by atoms with van der Waals surface area (Å²) in [5.41, 5.74) is 8.07. The summed E-state index contributed by atoms with van der Waals surface area (Å²) in [6.45, 7) is -2.06. The Balaban J connectivity index is 1.27. The predicted molar refractivity (Wildman–Crippen MR) is 157 cm³/mol. The molecular formula is C28H36F2N10O2S. The third-order valence-corrected chi connectivity index (χ3v) is 10.5. The average Bonchev–Trinajstić information content (AvgIpc) is 3.53. The molecule has 2 aliphatic carbocycles. The van der Waals surface area contributed by atoms with E-state index in [0.717, 1.165) is 29.8 Å². The first-order valence-electron chi connectivity index (χ1n) is 14.4. The number of nitrogens with zero attached hydrogens (tertiary/aromatic N) is 7. The van der Waals surface area contributed by atoms with Crippen LogP contribution in [0.5, 0.6) is 0 Å². The molecule has 1 aliphatic heterocycles. The molecule has 230 valence electrons. The molecule has 6 rings (SSSR count). The molecular weight excluding hydrogens is 578 g/mol. The van der Waals surface area contributed by atoms with Crippen molar-refractivity contribution >= 4 is 15.6 Å². The van der Waals surface area contributed by atoms with Crippen LogP contribution in [-0.2, 0) is 15.7 Å². The molecule has 4 heterocycles. The number of alkyl halides is 2. The molecule has 15 heteroatoms. The van der Waals surface area contributed by atoms with Crippen molar-refractivity contribution in [3.8, 4) is 11.4 Å². The van der Waals surface area contributed by atoms with Crippen LogP contribution in [0.1, 0.15) is 56.5 Å². The van der Waals surface area contributed by atoms with Crippen molar-refractivity contribution in [1.82, 2.24) is 44.5 Å². The van der Waals surface area contributed by atoms with Gasteiger partial charge in [0.2, 0.25) is 0 Å². The third-order valence-electron chi connectivity index (χ3n) is 8.43. The molecule has 2 saturated carbocycles. The smallest absolute Gasteiger partial charge is 0.333 e. The van der Waals surface area contributed by atoms with E-state index < -0.39 is 27.5 Å². The fraction of sp³-hybridized carbons (Fsp3) is 0.500. The van der Waals surface area contributed by atoms with Crippen LogP contribution in [-0.4, -0.2) is 74.2 Å². The van der Waals surface area contributed by atoms with Gasteiger partial charge in [-0.05, 0) is 76.7 Å². The lowest BCUT2D eigenvalue weighted by Gasteiger charge is -2.35. The molecule has 0 radical (unpaired) electrons. The second-order valence-electron chi connectivity index (χ2n) is 11.7. The fourth-order valence-electron chi connectivity index (χ4n) is 5.64. The lowest BCUT2D eigenvalue weighted by Crippen LogP contribution is -2.50. The second-order valence-corrected chi connectivity index (χ2v) is 13.8. The quantitative estimate of drug-likeness (QED) is 0.311. The Bertz CT molecular complexity index is 1640. The van der Waals surface area contributed by atoms with Crippen molar-refractivity contribution in [1.29, 1.82) is 0 Å². The highest BCUT2D eigenvalue weighted by Gasteiger charge is 2.38. The zero-order valence-electron chi connectivity index (χ0n) is 24.1. The van der Waals surface area contributed by atoms with Gasteiger partial charge in [0.15, 0.2) is 11.5 Å². The number of nitrogens with one attached hydrogen (secondary N) is 2. The van der Waals surface area contributed by atoms with Crippen LogP contribution < -0.4 is 16.4 Å². The molecule has 3 aromatic rings. The summed E-state index contributed by atoms with van der Waals surface area (Å²) >= 11 is 0. The Labute approximate surface area is 249 Å². The summed E-state index contributed by atoms with van der Waals surface area (Å²) in [4.78, 5) is 11.3. The number of aromatic nitrogens is 6. The minimum absolute atomic E-state index is 0.271. The lowest BCUT2D eigenvalue weighted by molar-refractivity contribution is 0.0565. The minimum Gasteiger partial charge on any atom is -0.384 e. The molecule has 0 saturated heterocycles. The molecule has 3 aliphatic rings. The van der Waals surface area contributed by atoms with E-state index in [9.17, 15) is 17.2 Å². The first kappa shape index (κ1) is 29.4. The number of hydrogen-bond donors (Lipinski definition) is 3. The van der Waals surface area contributed by atoms with Gasteiger partial charge >= 0.3 is 6.55 Å². The minimum atomic E-state index is -3.53. The van der Waals surface area contributed by atoms with E-state index in [1.54, 1.807) is 24.5 Å². The van der Waals surface area contributed by atoms with Gasteiger partial charge in [-0.3, -0.25) is 0 Å². The molecule has 0 bridgehead atoms. The lowest BCUT2D eigenvalue weighted by atomic mass is 9.85. The molecule has 43 heavy (non-hydrogen) atoms. The number of dihydropyridines is 1. The summed E-state index contributed by atoms with van der Waals surface area (Å²) in [6.07, 6.45) is 14.7. The van der Waals surface area contributed by atoms with Crippen LogP contribution in [0.3, 0.4) is 0 Å². The Morgan fingerprint density at radius 1 is 1.19 bits per heavy atom. The van der Waals surface area contributed by atoms with Gasteiger partial charge in [-0.25, -0.2) is 23.1 Å². The first-order valence-corrected chi connectivity index (χ1v) is 15.9. The molecule has 0 amide bonds. The van der Waals surface area contributed by atoms with E-state index in [1.165, 1.54) is 24.7 Å². The van der Waals surface area contributed by atoms with Crippen molar-refractivity contribution in [2.75, 3.05) is 20.6 Å². The Morgan fingerprint density at radius 3 is 2.63 bits per heavy atom. The van der Waals surface area contributed by atoms with Crippen LogP contribution in [0.25, 0.3) is 17.0 Å². The highest BCUT2D eigenvalue weighted by atomic mass is 32.2. The van der Waals surface area contributed by atoms with Gasteiger partial charge in [-0.2, -0.15) is 23.1 Å². The van der Waals surface area contributed by atoms with E-state index in [-0.39, 0.29) is 5.82 Å². The summed E-state index contributed by atoms with van der Waals surface area (Å²) in [5, 5.41) is 14.4. The highest BCUT2D eigenvalue weighted by molar-refractivity contribution is 7.90. The summed E-state index contributed by atoms with van der Waals surface area (Å²) in [6, 6.07) is 3.78. The maximum Gasteiger partial charge on any atom is 0.333 e. The number of nitrogens with two attached hydrogens (primary N) is 1. The Morgan fingerprint density at radius 2 is 1.95 bits per heavy atom. The van der Waals surface area contributed by atoms with Crippen molar-refractivity contribution in [3.63, 3.8) is 0 Å². The molecule has 1 unspecified atom stereocenters. The number of halogens is 2. The van der Waals surface area contributed by atoms with Crippen molar-refractivity contribution < 1.29 is 17.2 Å². The fourth-order valence-corrected chi connectivity index (χ4v) is 7.12. The standard InChI is InChI=1S/C28H36F2N10O2S/c1-38(2)20-5-3-18(4-6-20)14-33-24-13-28(31,34-16-22(24)23-10-12-39(37-23)27(29)30)25-9-11-32-26(36-25)19-15-35-40(17-19)43(41,42)21-7-8-21/h9-13,15-18,20-21,27,33-34H,3-8,14,31H2,1-2H3. The molecule has 2 fully saturated rings. The number of rotatable bonds is 10. The molecule has 0 aromatic carbocycles. The first-order chi connectivity index (χ1) is 20.5.